The number of morpholine rings is 1. The molecule has 0 aromatic carbocycles. The highest BCUT2D eigenvalue weighted by Crippen LogP contribution is 2.33. The average Bonchev–Trinajstić information content (AvgIpc) is 3.38. The van der Waals surface area contributed by atoms with Crippen molar-refractivity contribution in [2.24, 2.45) is 0 Å². The third-order valence-corrected chi connectivity index (χ3v) is 5.27. The number of rotatable bonds is 4. The van der Waals surface area contributed by atoms with Gasteiger partial charge in [-0.2, -0.15) is 13.2 Å². The largest absolute Gasteiger partial charge is 0.490 e. The molecule has 1 aliphatic carbocycles. The van der Waals surface area contributed by atoms with E-state index in [0.29, 0.717) is 25.5 Å². The summed E-state index contributed by atoms with van der Waals surface area (Å²) in [6.07, 6.45) is -0.101. The maximum Gasteiger partial charge on any atom is 0.490 e. The molecule has 1 saturated heterocycles. The number of carbonyl (C=O) groups is 2. The van der Waals surface area contributed by atoms with E-state index < -0.39 is 12.1 Å². The second-order valence-corrected chi connectivity index (χ2v) is 7.38. The lowest BCUT2D eigenvalue weighted by atomic mass is 10.1. The molecule has 4 rings (SSSR count). The van der Waals surface area contributed by atoms with Gasteiger partial charge in [0.25, 0.3) is 5.91 Å². The number of aromatic nitrogens is 1. The zero-order chi connectivity index (χ0) is 23.3. The van der Waals surface area contributed by atoms with Gasteiger partial charge in [0.1, 0.15) is 6.10 Å². The highest BCUT2D eigenvalue weighted by molar-refractivity contribution is 5.93. The minimum absolute atomic E-state index is 0.0136. The van der Waals surface area contributed by atoms with E-state index in [2.05, 4.69) is 4.98 Å². The summed E-state index contributed by atoms with van der Waals surface area (Å²) in [5, 5.41) is 7.12. The van der Waals surface area contributed by atoms with Crippen molar-refractivity contribution in [2.45, 2.75) is 50.8 Å². The molecule has 0 unspecified atom stereocenters. The Hall–Kier alpha value is -2.92. The molecule has 1 N–H and O–H groups in total. The minimum atomic E-state index is -5.08. The van der Waals surface area contributed by atoms with Gasteiger partial charge in [0.15, 0.2) is 5.76 Å². The number of aliphatic carboxylic acids is 1. The predicted molar refractivity (Wildman–Crippen MR) is 104 cm³/mol. The van der Waals surface area contributed by atoms with Crippen LogP contribution in [0.2, 0.25) is 0 Å². The fraction of sp³-hybridized carbons (Fsp3) is 0.476. The maximum atomic E-state index is 12.8. The van der Waals surface area contributed by atoms with Crippen molar-refractivity contribution in [3.8, 4) is 0 Å². The standard InChI is InChI=1S/C19H22N2O4.C2HF3O2/c1-13-7-10-23-17(13)19(22)21-9-11-24-18-15(21)5-6-16(18)25-12-14-4-2-3-8-20-14;3-2(4,5)1(6)7/h2-4,7-8,10,15-16,18H,5-6,9,11-12H2,1H3;(H,6,7)/t15-,16-,18+;/m0./s1. The summed E-state index contributed by atoms with van der Waals surface area (Å²) in [4.78, 5) is 27.9. The van der Waals surface area contributed by atoms with E-state index in [0.717, 1.165) is 24.1 Å². The molecule has 1 saturated carbocycles. The topological polar surface area (TPSA) is 102 Å². The average molecular weight is 456 g/mol. The molecular formula is C21H23F3N2O6. The molecule has 3 heterocycles. The zero-order valence-electron chi connectivity index (χ0n) is 17.2. The molecule has 2 fully saturated rings. The Labute approximate surface area is 181 Å². The van der Waals surface area contributed by atoms with Crippen LogP contribution in [-0.2, 0) is 20.9 Å². The Kier molecular flexibility index (Phi) is 7.52. The predicted octanol–water partition coefficient (Wildman–Crippen LogP) is 3.21. The number of halogens is 3. The molecule has 2 aromatic rings. The molecule has 1 amide bonds. The fourth-order valence-electron chi connectivity index (χ4n) is 3.74. The van der Waals surface area contributed by atoms with Crippen LogP contribution in [0.5, 0.6) is 0 Å². The zero-order valence-corrected chi connectivity index (χ0v) is 17.2. The van der Waals surface area contributed by atoms with Crippen molar-refractivity contribution in [3.63, 3.8) is 0 Å². The van der Waals surface area contributed by atoms with Gasteiger partial charge in [-0.25, -0.2) is 4.79 Å². The van der Waals surface area contributed by atoms with Crippen LogP contribution in [0.15, 0.2) is 41.1 Å². The van der Waals surface area contributed by atoms with Gasteiger partial charge in [-0.05, 0) is 38.0 Å². The Morgan fingerprint density at radius 2 is 2.03 bits per heavy atom. The SMILES string of the molecule is Cc1ccoc1C(=O)N1CCO[C@H]2[C@@H](OCc3ccccn3)CC[C@@H]21.O=C(O)C(F)(F)F. The molecule has 2 aliphatic rings. The molecule has 1 aliphatic heterocycles. The second-order valence-electron chi connectivity index (χ2n) is 7.38. The number of furan rings is 1. The fourth-order valence-corrected chi connectivity index (χ4v) is 3.74. The first-order valence-corrected chi connectivity index (χ1v) is 9.96. The number of pyridine rings is 1. The summed E-state index contributed by atoms with van der Waals surface area (Å²) in [6, 6.07) is 7.65. The van der Waals surface area contributed by atoms with Gasteiger partial charge < -0.3 is 23.9 Å². The van der Waals surface area contributed by atoms with Gasteiger partial charge in [-0.15, -0.1) is 0 Å². The van der Waals surface area contributed by atoms with Crippen LogP contribution >= 0.6 is 0 Å². The van der Waals surface area contributed by atoms with E-state index >= 15 is 0 Å². The van der Waals surface area contributed by atoms with E-state index in [1.54, 1.807) is 12.5 Å². The number of amides is 1. The molecule has 32 heavy (non-hydrogen) atoms. The van der Waals surface area contributed by atoms with Crippen molar-refractivity contribution in [3.05, 3.63) is 53.7 Å². The van der Waals surface area contributed by atoms with Crippen molar-refractivity contribution in [1.29, 1.82) is 0 Å². The minimum Gasteiger partial charge on any atom is -0.475 e. The van der Waals surface area contributed by atoms with Crippen LogP contribution in [0.25, 0.3) is 0 Å². The quantitative estimate of drug-likeness (QED) is 0.754. The van der Waals surface area contributed by atoms with Crippen LogP contribution in [0.3, 0.4) is 0 Å². The summed E-state index contributed by atoms with van der Waals surface area (Å²) in [5.41, 5.74) is 1.77. The van der Waals surface area contributed by atoms with E-state index in [9.17, 15) is 18.0 Å². The second kappa shape index (κ2) is 10.1. The van der Waals surface area contributed by atoms with E-state index in [1.165, 1.54) is 0 Å². The molecular weight excluding hydrogens is 433 g/mol. The summed E-state index contributed by atoms with van der Waals surface area (Å²) in [5.74, 6) is -2.38. The lowest BCUT2D eigenvalue weighted by molar-refractivity contribution is -0.192. The van der Waals surface area contributed by atoms with Crippen LogP contribution in [0.1, 0.15) is 34.7 Å². The van der Waals surface area contributed by atoms with E-state index in [4.69, 9.17) is 23.8 Å². The summed E-state index contributed by atoms with van der Waals surface area (Å²) in [6.45, 7) is 3.47. The lowest BCUT2D eigenvalue weighted by Gasteiger charge is -2.38. The highest BCUT2D eigenvalue weighted by Gasteiger charge is 2.45. The third-order valence-electron chi connectivity index (χ3n) is 5.27. The Morgan fingerprint density at radius 3 is 2.62 bits per heavy atom. The van der Waals surface area contributed by atoms with Gasteiger partial charge in [0, 0.05) is 18.3 Å². The first-order chi connectivity index (χ1) is 15.2. The van der Waals surface area contributed by atoms with E-state index in [1.807, 2.05) is 36.1 Å². The summed E-state index contributed by atoms with van der Waals surface area (Å²) in [7, 11) is 0. The third kappa shape index (κ3) is 5.65. The van der Waals surface area contributed by atoms with Crippen LogP contribution < -0.4 is 0 Å². The maximum absolute atomic E-state index is 12.8. The number of carboxylic acid groups (broad SMARTS) is 1. The summed E-state index contributed by atoms with van der Waals surface area (Å²) < 4.78 is 49.1. The molecule has 0 bridgehead atoms. The normalized spacial score (nSPS) is 22.6. The number of aryl methyl sites for hydroxylation is 1. The van der Waals surface area contributed by atoms with E-state index in [-0.39, 0.29) is 24.2 Å². The first-order valence-electron chi connectivity index (χ1n) is 9.96. The number of carbonyl (C=O) groups excluding carboxylic acids is 1. The Bertz CT molecular complexity index is 918. The first kappa shape index (κ1) is 23.7. The molecule has 2 aromatic heterocycles. The monoisotopic (exact) mass is 456 g/mol. The van der Waals surface area contributed by atoms with Gasteiger partial charge in [-0.3, -0.25) is 9.78 Å². The van der Waals surface area contributed by atoms with Crippen molar-refractivity contribution >= 4 is 11.9 Å². The van der Waals surface area contributed by atoms with Crippen LogP contribution in [0.4, 0.5) is 13.2 Å². The van der Waals surface area contributed by atoms with Crippen molar-refractivity contribution in [2.75, 3.05) is 13.2 Å². The number of nitrogens with zero attached hydrogens (tertiary/aromatic N) is 2. The van der Waals surface area contributed by atoms with Gasteiger partial charge in [-0.1, -0.05) is 6.07 Å². The molecule has 3 atom stereocenters. The Balaban J connectivity index is 0.000000360. The van der Waals surface area contributed by atoms with Gasteiger partial charge in [0.05, 0.1) is 37.3 Å². The Morgan fingerprint density at radius 1 is 1.28 bits per heavy atom. The summed E-state index contributed by atoms with van der Waals surface area (Å²) >= 11 is 0. The number of hydrogen-bond acceptors (Lipinski definition) is 6. The van der Waals surface area contributed by atoms with Gasteiger partial charge in [0.2, 0.25) is 0 Å². The molecule has 11 heteroatoms. The lowest BCUT2D eigenvalue weighted by Crippen LogP contribution is -2.53. The molecule has 0 spiro atoms. The van der Waals surface area contributed by atoms with Crippen molar-refractivity contribution in [1.82, 2.24) is 9.88 Å². The van der Waals surface area contributed by atoms with Crippen molar-refractivity contribution < 1.29 is 41.8 Å². The molecule has 174 valence electrons. The number of alkyl halides is 3. The van der Waals surface area contributed by atoms with Crippen LogP contribution in [0, 0.1) is 6.92 Å². The van der Waals surface area contributed by atoms with Crippen LogP contribution in [-0.4, -0.2) is 64.4 Å². The number of ether oxygens (including phenoxy) is 2. The number of hydrogen-bond donors (Lipinski definition) is 1. The molecule has 8 nitrogen and oxygen atoms in total. The smallest absolute Gasteiger partial charge is 0.475 e. The highest BCUT2D eigenvalue weighted by atomic mass is 19.4. The number of fused-ring (bicyclic) bond motifs is 1. The van der Waals surface area contributed by atoms with Gasteiger partial charge >= 0.3 is 12.1 Å². The molecule has 0 radical (unpaired) electrons. The number of carboxylic acids is 1.